The van der Waals surface area contributed by atoms with Crippen molar-refractivity contribution in [3.63, 3.8) is 0 Å². The van der Waals surface area contributed by atoms with Crippen molar-refractivity contribution >= 4 is 44.3 Å². The number of aryl methyl sites for hydroxylation is 1. The normalized spacial score (nSPS) is 11.6. The van der Waals surface area contributed by atoms with E-state index in [-0.39, 0.29) is 0 Å². The summed E-state index contributed by atoms with van der Waals surface area (Å²) in [5, 5.41) is 5.24. The molecule has 1 nitrogen and oxygen atoms in total. The Kier molecular flexibility index (Phi) is 3.32. The monoisotopic (exact) mass is 339 g/mol. The van der Waals surface area contributed by atoms with E-state index in [1.807, 2.05) is 11.8 Å². The highest BCUT2D eigenvalue weighted by Crippen LogP contribution is 2.39. The third-order valence-electron chi connectivity index (χ3n) is 4.80. The molecule has 120 valence electrons. The van der Waals surface area contributed by atoms with Crippen LogP contribution in [0.15, 0.2) is 88.7 Å². The molecule has 0 bridgehead atoms. The summed E-state index contributed by atoms with van der Waals surface area (Å²) in [6.45, 7) is 2.17. The lowest BCUT2D eigenvalue weighted by molar-refractivity contribution is 1.30. The van der Waals surface area contributed by atoms with Gasteiger partial charge in [0, 0.05) is 31.6 Å². The van der Waals surface area contributed by atoms with E-state index in [2.05, 4.69) is 90.8 Å². The second-order valence-corrected chi connectivity index (χ2v) is 7.46. The minimum Gasteiger partial charge on any atom is -0.354 e. The number of aromatic nitrogens is 1. The van der Waals surface area contributed by atoms with Crippen LogP contribution in [0, 0.1) is 6.92 Å². The van der Waals surface area contributed by atoms with E-state index in [1.54, 1.807) is 0 Å². The smallest absolute Gasteiger partial charge is 0.0471 e. The van der Waals surface area contributed by atoms with Gasteiger partial charge in [-0.15, -0.1) is 0 Å². The van der Waals surface area contributed by atoms with E-state index in [1.165, 1.54) is 47.9 Å². The highest BCUT2D eigenvalue weighted by molar-refractivity contribution is 7.99. The van der Waals surface area contributed by atoms with E-state index >= 15 is 0 Å². The lowest BCUT2D eigenvalue weighted by atomic mass is 10.0. The molecular formula is C23H17NS. The second kappa shape index (κ2) is 5.68. The first-order valence-electron chi connectivity index (χ1n) is 8.47. The van der Waals surface area contributed by atoms with Crippen molar-refractivity contribution in [2.45, 2.75) is 16.7 Å². The molecule has 5 rings (SSSR count). The van der Waals surface area contributed by atoms with Gasteiger partial charge in [0.1, 0.15) is 0 Å². The molecule has 0 fully saturated rings. The maximum absolute atomic E-state index is 3.54. The van der Waals surface area contributed by atoms with Crippen molar-refractivity contribution < 1.29 is 0 Å². The molecule has 0 aliphatic rings. The van der Waals surface area contributed by atoms with Crippen LogP contribution in [0.1, 0.15) is 5.56 Å². The minimum atomic E-state index is 1.20. The Labute approximate surface area is 150 Å². The Morgan fingerprint density at radius 1 is 0.600 bits per heavy atom. The van der Waals surface area contributed by atoms with Gasteiger partial charge in [-0.2, -0.15) is 0 Å². The fourth-order valence-corrected chi connectivity index (χ4v) is 4.60. The molecule has 0 spiro atoms. The molecule has 0 atom stereocenters. The summed E-state index contributed by atoms with van der Waals surface area (Å²) >= 11 is 1.85. The third-order valence-corrected chi connectivity index (χ3v) is 6.05. The van der Waals surface area contributed by atoms with Crippen molar-refractivity contribution in [3.05, 3.63) is 84.4 Å². The average molecular weight is 339 g/mol. The standard InChI is InChI=1S/C23H17NS/c1-15-7-2-5-11-21(15)25-22-12-6-9-17-16(22)13-14-20-23(17)18-8-3-4-10-19(18)24-20/h2-14,24H,1H3. The quantitative estimate of drug-likeness (QED) is 0.368. The Bertz CT molecular complexity index is 1230. The van der Waals surface area contributed by atoms with Crippen molar-refractivity contribution in [2.75, 3.05) is 0 Å². The number of para-hydroxylation sites is 1. The molecule has 0 saturated carbocycles. The second-order valence-electron chi connectivity index (χ2n) is 6.38. The Hall–Kier alpha value is -2.71. The number of hydrogen-bond acceptors (Lipinski definition) is 1. The zero-order valence-electron chi connectivity index (χ0n) is 13.9. The van der Waals surface area contributed by atoms with E-state index in [9.17, 15) is 0 Å². The summed E-state index contributed by atoms with van der Waals surface area (Å²) in [5.41, 5.74) is 3.71. The summed E-state index contributed by atoms with van der Waals surface area (Å²) in [5.74, 6) is 0. The number of nitrogens with one attached hydrogen (secondary N) is 1. The van der Waals surface area contributed by atoms with E-state index < -0.39 is 0 Å². The van der Waals surface area contributed by atoms with Gasteiger partial charge in [0.25, 0.3) is 0 Å². The van der Waals surface area contributed by atoms with Crippen LogP contribution < -0.4 is 0 Å². The van der Waals surface area contributed by atoms with Crippen LogP contribution in [0.25, 0.3) is 32.6 Å². The SMILES string of the molecule is Cc1ccccc1Sc1cccc2c1ccc1[nH]c3ccccc3c12. The first kappa shape index (κ1) is 14.6. The minimum absolute atomic E-state index is 1.20. The predicted octanol–water partition coefficient (Wildman–Crippen LogP) is 6.93. The van der Waals surface area contributed by atoms with Crippen LogP contribution in [0.3, 0.4) is 0 Å². The first-order valence-corrected chi connectivity index (χ1v) is 9.28. The topological polar surface area (TPSA) is 15.8 Å². The highest BCUT2D eigenvalue weighted by atomic mass is 32.2. The fraction of sp³-hybridized carbons (Fsp3) is 0.0435. The van der Waals surface area contributed by atoms with Gasteiger partial charge in [-0.25, -0.2) is 0 Å². The summed E-state index contributed by atoms with van der Waals surface area (Å²) in [4.78, 5) is 6.16. The number of rotatable bonds is 2. The van der Waals surface area contributed by atoms with E-state index in [0.29, 0.717) is 0 Å². The number of fused-ring (bicyclic) bond motifs is 5. The average Bonchev–Trinajstić information content (AvgIpc) is 3.03. The summed E-state index contributed by atoms with van der Waals surface area (Å²) in [7, 11) is 0. The molecule has 0 unspecified atom stereocenters. The summed E-state index contributed by atoms with van der Waals surface area (Å²) in [6, 6.07) is 28.2. The maximum atomic E-state index is 3.54. The lowest BCUT2D eigenvalue weighted by Gasteiger charge is -2.09. The molecule has 1 N–H and O–H groups in total. The first-order chi connectivity index (χ1) is 12.3. The number of aromatic amines is 1. The third kappa shape index (κ3) is 2.33. The molecule has 25 heavy (non-hydrogen) atoms. The Balaban J connectivity index is 1.79. The molecule has 0 saturated heterocycles. The van der Waals surface area contributed by atoms with Gasteiger partial charge in [0.2, 0.25) is 0 Å². The van der Waals surface area contributed by atoms with Crippen LogP contribution in [0.4, 0.5) is 0 Å². The van der Waals surface area contributed by atoms with Crippen LogP contribution in [-0.2, 0) is 0 Å². The van der Waals surface area contributed by atoms with Gasteiger partial charge in [0.15, 0.2) is 0 Å². The van der Waals surface area contributed by atoms with Crippen molar-refractivity contribution in [1.29, 1.82) is 0 Å². The Morgan fingerprint density at radius 3 is 2.28 bits per heavy atom. The van der Waals surface area contributed by atoms with E-state index in [0.717, 1.165) is 0 Å². The summed E-state index contributed by atoms with van der Waals surface area (Å²) < 4.78 is 0. The lowest BCUT2D eigenvalue weighted by Crippen LogP contribution is -1.82. The van der Waals surface area contributed by atoms with Gasteiger partial charge in [-0.3, -0.25) is 0 Å². The fourth-order valence-electron chi connectivity index (χ4n) is 3.56. The number of hydrogen-bond donors (Lipinski definition) is 1. The summed E-state index contributed by atoms with van der Waals surface area (Å²) in [6.07, 6.45) is 0. The molecule has 0 aliphatic heterocycles. The molecule has 0 aliphatic carbocycles. The van der Waals surface area contributed by atoms with Crippen molar-refractivity contribution in [2.24, 2.45) is 0 Å². The highest BCUT2D eigenvalue weighted by Gasteiger charge is 2.11. The maximum Gasteiger partial charge on any atom is 0.0471 e. The molecule has 4 aromatic carbocycles. The van der Waals surface area contributed by atoms with Crippen LogP contribution in [-0.4, -0.2) is 4.98 Å². The zero-order chi connectivity index (χ0) is 16.8. The predicted molar refractivity (Wildman–Crippen MR) is 109 cm³/mol. The van der Waals surface area contributed by atoms with Crippen LogP contribution in [0.2, 0.25) is 0 Å². The van der Waals surface area contributed by atoms with Gasteiger partial charge < -0.3 is 4.98 Å². The molecule has 2 heteroatoms. The molecular weight excluding hydrogens is 322 g/mol. The molecule has 1 heterocycles. The van der Waals surface area contributed by atoms with Gasteiger partial charge in [-0.05, 0) is 47.5 Å². The van der Waals surface area contributed by atoms with Gasteiger partial charge in [-0.1, -0.05) is 66.4 Å². The van der Waals surface area contributed by atoms with E-state index in [4.69, 9.17) is 0 Å². The van der Waals surface area contributed by atoms with Gasteiger partial charge >= 0.3 is 0 Å². The largest absolute Gasteiger partial charge is 0.354 e. The molecule has 5 aromatic rings. The zero-order valence-corrected chi connectivity index (χ0v) is 14.7. The van der Waals surface area contributed by atoms with Crippen molar-refractivity contribution in [3.8, 4) is 0 Å². The van der Waals surface area contributed by atoms with Crippen LogP contribution >= 0.6 is 11.8 Å². The molecule has 1 aromatic heterocycles. The van der Waals surface area contributed by atoms with Crippen molar-refractivity contribution in [1.82, 2.24) is 4.98 Å². The van der Waals surface area contributed by atoms with Gasteiger partial charge in [0.05, 0.1) is 0 Å². The molecule has 0 amide bonds. The Morgan fingerprint density at radius 2 is 1.36 bits per heavy atom. The number of benzene rings is 4. The molecule has 0 radical (unpaired) electrons. The number of H-pyrrole nitrogens is 1. The van der Waals surface area contributed by atoms with Crippen LogP contribution in [0.5, 0.6) is 0 Å².